The molecule has 0 spiro atoms. The van der Waals surface area contributed by atoms with Gasteiger partial charge in [0.1, 0.15) is 11.5 Å². The largest absolute Gasteiger partial charge is 0.463 e. The molecule has 3 heterocycles. The van der Waals surface area contributed by atoms with Crippen LogP contribution < -0.4 is 10.9 Å². The van der Waals surface area contributed by atoms with Crippen LogP contribution >= 0.6 is 0 Å². The van der Waals surface area contributed by atoms with Crippen molar-refractivity contribution in [3.8, 4) is 17.4 Å². The van der Waals surface area contributed by atoms with Gasteiger partial charge in [-0.15, -0.1) is 0 Å². The van der Waals surface area contributed by atoms with E-state index in [0.717, 1.165) is 30.5 Å². The van der Waals surface area contributed by atoms with Crippen LogP contribution in [0.4, 0.5) is 5.82 Å². The summed E-state index contributed by atoms with van der Waals surface area (Å²) in [5, 5.41) is 7.20. The smallest absolute Gasteiger partial charge is 0.255 e. The lowest BCUT2D eigenvalue weighted by atomic mass is 10.3. The Morgan fingerprint density at radius 3 is 3.08 bits per heavy atom. The Morgan fingerprint density at radius 1 is 1.42 bits per heavy atom. The number of fused-ring (bicyclic) bond motifs is 1. The molecule has 0 saturated carbocycles. The number of amides is 1. The highest BCUT2D eigenvalue weighted by Gasteiger charge is 2.21. The lowest BCUT2D eigenvalue weighted by Crippen LogP contribution is -2.20. The maximum atomic E-state index is 12.3. The van der Waals surface area contributed by atoms with Gasteiger partial charge in [0.25, 0.3) is 5.56 Å². The number of aryl methyl sites for hydroxylation is 1. The first-order valence-electron chi connectivity index (χ1n) is 8.36. The standard InChI is InChI=1S/C18H17N5O3/c1-2-5-16(24)20-15-10-13(14-8-4-9-26-14)22-23(15)18-19-12-7-3-6-11(12)17(25)21-18/h2,4-5,8-10H,3,6-7H2,1H3,(H,20,24)(H,19,21,25)/b5-2+. The van der Waals surface area contributed by atoms with Crippen LogP contribution in [0.1, 0.15) is 24.6 Å². The molecule has 0 fully saturated rings. The number of carbonyl (C=O) groups is 1. The van der Waals surface area contributed by atoms with E-state index in [9.17, 15) is 9.59 Å². The number of nitrogens with zero attached hydrogens (tertiary/aromatic N) is 3. The maximum Gasteiger partial charge on any atom is 0.255 e. The minimum atomic E-state index is -0.303. The molecule has 1 aliphatic rings. The predicted octanol–water partition coefficient (Wildman–Crippen LogP) is 2.22. The lowest BCUT2D eigenvalue weighted by Gasteiger charge is -2.08. The summed E-state index contributed by atoms with van der Waals surface area (Å²) in [6.45, 7) is 1.75. The van der Waals surface area contributed by atoms with E-state index in [-0.39, 0.29) is 17.4 Å². The van der Waals surface area contributed by atoms with E-state index in [4.69, 9.17) is 4.42 Å². The first kappa shape index (κ1) is 16.1. The number of hydrogen-bond acceptors (Lipinski definition) is 5. The molecule has 2 N–H and O–H groups in total. The van der Waals surface area contributed by atoms with Gasteiger partial charge in [-0.3, -0.25) is 14.6 Å². The summed E-state index contributed by atoms with van der Waals surface area (Å²) in [5.41, 5.74) is 1.87. The number of nitrogens with one attached hydrogen (secondary N) is 2. The number of H-pyrrole nitrogens is 1. The van der Waals surface area contributed by atoms with Crippen LogP contribution in [0.15, 0.2) is 45.8 Å². The molecule has 0 aliphatic heterocycles. The molecular formula is C18H17N5O3. The minimum absolute atomic E-state index is 0.164. The van der Waals surface area contributed by atoms with Gasteiger partial charge < -0.3 is 9.73 Å². The molecule has 0 radical (unpaired) electrons. The Kier molecular flexibility index (Phi) is 4.00. The van der Waals surface area contributed by atoms with E-state index in [1.165, 1.54) is 10.8 Å². The van der Waals surface area contributed by atoms with Crippen LogP contribution in [0.3, 0.4) is 0 Å². The van der Waals surface area contributed by atoms with E-state index >= 15 is 0 Å². The highest BCUT2D eigenvalue weighted by atomic mass is 16.3. The van der Waals surface area contributed by atoms with Crippen LogP contribution in [0.25, 0.3) is 17.4 Å². The van der Waals surface area contributed by atoms with Crippen molar-refractivity contribution in [1.29, 1.82) is 0 Å². The molecule has 8 heteroatoms. The Morgan fingerprint density at radius 2 is 2.31 bits per heavy atom. The molecule has 0 saturated heterocycles. The number of hydrogen-bond donors (Lipinski definition) is 2. The third-order valence-electron chi connectivity index (χ3n) is 4.18. The molecule has 3 aromatic rings. The summed E-state index contributed by atoms with van der Waals surface area (Å²) >= 11 is 0. The van der Waals surface area contributed by atoms with Gasteiger partial charge in [0.05, 0.1) is 12.0 Å². The topological polar surface area (TPSA) is 106 Å². The van der Waals surface area contributed by atoms with Crippen LogP contribution in [-0.4, -0.2) is 25.7 Å². The minimum Gasteiger partial charge on any atom is -0.463 e. The highest BCUT2D eigenvalue weighted by molar-refractivity contribution is 5.99. The second kappa shape index (κ2) is 6.47. The Bertz CT molecular complexity index is 1040. The Balaban J connectivity index is 1.82. The van der Waals surface area contributed by atoms with Crippen LogP contribution in [0.5, 0.6) is 0 Å². The number of aromatic nitrogens is 4. The van der Waals surface area contributed by atoms with Crippen LogP contribution in [0.2, 0.25) is 0 Å². The summed E-state index contributed by atoms with van der Waals surface area (Å²) in [6.07, 6.45) is 7.00. The molecule has 8 nitrogen and oxygen atoms in total. The molecule has 132 valence electrons. The van der Waals surface area contributed by atoms with E-state index in [1.807, 2.05) is 0 Å². The quantitative estimate of drug-likeness (QED) is 0.701. The van der Waals surface area contributed by atoms with Gasteiger partial charge in [-0.2, -0.15) is 9.78 Å². The normalized spacial score (nSPS) is 13.3. The third-order valence-corrected chi connectivity index (χ3v) is 4.18. The maximum absolute atomic E-state index is 12.3. The number of anilines is 1. The second-order valence-corrected chi connectivity index (χ2v) is 5.96. The first-order valence-corrected chi connectivity index (χ1v) is 8.36. The molecule has 1 amide bonds. The third kappa shape index (κ3) is 2.85. The van der Waals surface area contributed by atoms with Crippen molar-refractivity contribution in [3.05, 3.63) is 58.2 Å². The number of allylic oxidation sites excluding steroid dienone is 1. The average molecular weight is 351 g/mol. The monoisotopic (exact) mass is 351 g/mol. The average Bonchev–Trinajstić information content (AvgIpc) is 3.35. The van der Waals surface area contributed by atoms with Crippen molar-refractivity contribution in [1.82, 2.24) is 19.7 Å². The van der Waals surface area contributed by atoms with Crippen molar-refractivity contribution >= 4 is 11.7 Å². The van der Waals surface area contributed by atoms with Gasteiger partial charge in [-0.1, -0.05) is 6.08 Å². The molecular weight excluding hydrogens is 334 g/mol. The van der Waals surface area contributed by atoms with Gasteiger partial charge >= 0.3 is 0 Å². The SMILES string of the molecule is C/C=C/C(=O)Nc1cc(-c2ccco2)nn1-c1nc2c(c(=O)[nH]1)CCC2. The number of furan rings is 1. The zero-order valence-corrected chi connectivity index (χ0v) is 14.2. The van der Waals surface area contributed by atoms with Crippen molar-refractivity contribution in [3.63, 3.8) is 0 Å². The Labute approximate surface area is 148 Å². The van der Waals surface area contributed by atoms with Gasteiger partial charge in [-0.25, -0.2) is 4.98 Å². The van der Waals surface area contributed by atoms with E-state index in [1.54, 1.807) is 37.5 Å². The Hall–Kier alpha value is -3.42. The van der Waals surface area contributed by atoms with Crippen LogP contribution in [-0.2, 0) is 17.6 Å². The van der Waals surface area contributed by atoms with E-state index in [2.05, 4.69) is 20.4 Å². The van der Waals surface area contributed by atoms with Crippen molar-refractivity contribution in [2.45, 2.75) is 26.2 Å². The van der Waals surface area contributed by atoms with Crippen molar-refractivity contribution in [2.75, 3.05) is 5.32 Å². The molecule has 3 aromatic heterocycles. The highest BCUT2D eigenvalue weighted by Crippen LogP contribution is 2.25. The fourth-order valence-electron chi connectivity index (χ4n) is 3.02. The van der Waals surface area contributed by atoms with E-state index in [0.29, 0.717) is 17.3 Å². The zero-order valence-electron chi connectivity index (χ0n) is 14.2. The molecule has 26 heavy (non-hydrogen) atoms. The molecule has 0 atom stereocenters. The molecule has 0 bridgehead atoms. The zero-order chi connectivity index (χ0) is 18.1. The van der Waals surface area contributed by atoms with Crippen molar-refractivity contribution < 1.29 is 9.21 Å². The summed E-state index contributed by atoms with van der Waals surface area (Å²) in [7, 11) is 0. The second-order valence-electron chi connectivity index (χ2n) is 5.96. The number of rotatable bonds is 4. The number of carbonyl (C=O) groups excluding carboxylic acids is 1. The molecule has 1 aliphatic carbocycles. The molecule has 0 aromatic carbocycles. The molecule has 0 unspecified atom stereocenters. The van der Waals surface area contributed by atoms with Crippen molar-refractivity contribution in [2.24, 2.45) is 0 Å². The first-order chi connectivity index (χ1) is 12.7. The van der Waals surface area contributed by atoms with Crippen LogP contribution in [0, 0.1) is 0 Å². The summed E-state index contributed by atoms with van der Waals surface area (Å²) in [4.78, 5) is 31.6. The summed E-state index contributed by atoms with van der Waals surface area (Å²) < 4.78 is 6.80. The fourth-order valence-corrected chi connectivity index (χ4v) is 3.02. The van der Waals surface area contributed by atoms with E-state index < -0.39 is 0 Å². The lowest BCUT2D eigenvalue weighted by molar-refractivity contribution is -0.111. The van der Waals surface area contributed by atoms with Gasteiger partial charge in [0.2, 0.25) is 11.9 Å². The molecule has 4 rings (SSSR count). The summed E-state index contributed by atoms with van der Waals surface area (Å²) in [6, 6.07) is 5.19. The fraction of sp³-hybridized carbons (Fsp3) is 0.222. The number of aromatic amines is 1. The predicted molar refractivity (Wildman–Crippen MR) is 95.2 cm³/mol. The van der Waals surface area contributed by atoms with Gasteiger partial charge in [-0.05, 0) is 44.4 Å². The van der Waals surface area contributed by atoms with Gasteiger partial charge in [0, 0.05) is 11.6 Å². The summed E-state index contributed by atoms with van der Waals surface area (Å²) in [5.74, 6) is 0.904. The van der Waals surface area contributed by atoms with Gasteiger partial charge in [0.15, 0.2) is 5.76 Å².